The van der Waals surface area contributed by atoms with Gasteiger partial charge in [-0.2, -0.15) is 0 Å². The lowest BCUT2D eigenvalue weighted by atomic mass is 10.2. The smallest absolute Gasteiger partial charge is 0.230 e. The zero-order valence-electron chi connectivity index (χ0n) is 11.2. The van der Waals surface area contributed by atoms with Gasteiger partial charge in [-0.3, -0.25) is 0 Å². The molecule has 0 saturated carbocycles. The molecular weight excluding hydrogens is 256 g/mol. The van der Waals surface area contributed by atoms with Gasteiger partial charge in [-0.1, -0.05) is 12.1 Å². The quantitative estimate of drug-likeness (QED) is 0.782. The highest BCUT2D eigenvalue weighted by Crippen LogP contribution is 2.26. The Hall–Kier alpha value is -2.47. The van der Waals surface area contributed by atoms with E-state index in [-0.39, 0.29) is 6.61 Å². The molecule has 6 heteroatoms. The van der Waals surface area contributed by atoms with Crippen molar-refractivity contribution in [1.82, 2.24) is 15.0 Å². The lowest BCUT2D eigenvalue weighted by Gasteiger charge is -2.08. The molecule has 102 valence electrons. The molecule has 3 aromatic rings. The molecule has 0 amide bonds. The van der Waals surface area contributed by atoms with Crippen LogP contribution in [0.4, 0.5) is 5.95 Å². The third-order valence-electron chi connectivity index (χ3n) is 2.95. The molecular formula is C14H14N4O2. The van der Waals surface area contributed by atoms with Gasteiger partial charge in [-0.15, -0.1) is 0 Å². The highest BCUT2D eigenvalue weighted by Gasteiger charge is 2.12. The van der Waals surface area contributed by atoms with Crippen molar-refractivity contribution in [3.8, 4) is 11.5 Å². The normalized spacial score (nSPS) is 10.9. The Kier molecular flexibility index (Phi) is 3.08. The van der Waals surface area contributed by atoms with Gasteiger partial charge in [0.05, 0.1) is 12.2 Å². The molecule has 3 rings (SSSR count). The minimum atomic E-state index is -0.0813. The van der Waals surface area contributed by atoms with E-state index in [2.05, 4.69) is 15.0 Å². The molecule has 0 aliphatic heterocycles. The van der Waals surface area contributed by atoms with Gasteiger partial charge in [0.15, 0.2) is 5.58 Å². The van der Waals surface area contributed by atoms with Gasteiger partial charge in [0.2, 0.25) is 11.8 Å². The average Bonchev–Trinajstić information content (AvgIpc) is 2.91. The van der Waals surface area contributed by atoms with Crippen molar-refractivity contribution in [3.05, 3.63) is 36.2 Å². The van der Waals surface area contributed by atoms with Crippen molar-refractivity contribution in [3.63, 3.8) is 0 Å². The first-order chi connectivity index (χ1) is 9.69. The molecule has 0 unspecified atom stereocenters. The maximum Gasteiger partial charge on any atom is 0.230 e. The zero-order valence-corrected chi connectivity index (χ0v) is 11.2. The summed E-state index contributed by atoms with van der Waals surface area (Å²) in [7, 11) is 3.75. The maximum atomic E-state index is 9.29. The largest absolute Gasteiger partial charge is 0.436 e. The number of fused-ring (bicyclic) bond motifs is 1. The number of aliphatic hydroxyl groups is 1. The minimum absolute atomic E-state index is 0.0813. The Bertz CT molecular complexity index is 735. The van der Waals surface area contributed by atoms with Gasteiger partial charge in [0.1, 0.15) is 5.52 Å². The second kappa shape index (κ2) is 4.90. The number of aromatic nitrogens is 3. The molecule has 2 aromatic heterocycles. The summed E-state index contributed by atoms with van der Waals surface area (Å²) in [6, 6.07) is 5.49. The third kappa shape index (κ3) is 2.10. The topological polar surface area (TPSA) is 75.3 Å². The van der Waals surface area contributed by atoms with Gasteiger partial charge in [0, 0.05) is 32.1 Å². The molecule has 6 nitrogen and oxygen atoms in total. The molecule has 0 aliphatic rings. The van der Waals surface area contributed by atoms with E-state index < -0.39 is 0 Å². The van der Waals surface area contributed by atoms with Crippen LogP contribution >= 0.6 is 0 Å². The van der Waals surface area contributed by atoms with E-state index in [0.29, 0.717) is 34.1 Å². The average molecular weight is 270 g/mol. The summed E-state index contributed by atoms with van der Waals surface area (Å²) in [6.07, 6.45) is 3.34. The second-order valence-electron chi connectivity index (χ2n) is 4.61. The van der Waals surface area contributed by atoms with Crippen LogP contribution in [0.15, 0.2) is 35.0 Å². The number of benzene rings is 1. The summed E-state index contributed by atoms with van der Waals surface area (Å²) in [6.45, 7) is -0.0813. The van der Waals surface area contributed by atoms with Crippen LogP contribution in [0.3, 0.4) is 0 Å². The Morgan fingerprint density at radius 3 is 2.60 bits per heavy atom. The maximum absolute atomic E-state index is 9.29. The van der Waals surface area contributed by atoms with Gasteiger partial charge in [0.25, 0.3) is 0 Å². The monoisotopic (exact) mass is 270 g/mol. The number of hydrogen-bond donors (Lipinski definition) is 1. The Labute approximate surface area is 115 Å². The number of anilines is 1. The fourth-order valence-corrected chi connectivity index (χ4v) is 1.92. The van der Waals surface area contributed by atoms with E-state index in [1.54, 1.807) is 12.4 Å². The van der Waals surface area contributed by atoms with Gasteiger partial charge in [-0.25, -0.2) is 15.0 Å². The first-order valence-corrected chi connectivity index (χ1v) is 6.18. The molecule has 0 saturated heterocycles. The summed E-state index contributed by atoms with van der Waals surface area (Å²) in [5, 5.41) is 9.29. The van der Waals surface area contributed by atoms with Crippen LogP contribution in [-0.2, 0) is 6.61 Å². The van der Waals surface area contributed by atoms with E-state index >= 15 is 0 Å². The molecule has 1 aromatic carbocycles. The number of rotatable bonds is 3. The minimum Gasteiger partial charge on any atom is -0.436 e. The van der Waals surface area contributed by atoms with Crippen LogP contribution in [0.1, 0.15) is 5.56 Å². The van der Waals surface area contributed by atoms with Crippen molar-refractivity contribution in [2.75, 3.05) is 19.0 Å². The highest BCUT2D eigenvalue weighted by atomic mass is 16.3. The molecule has 2 heterocycles. The summed E-state index contributed by atoms with van der Waals surface area (Å²) >= 11 is 0. The van der Waals surface area contributed by atoms with Crippen molar-refractivity contribution < 1.29 is 9.52 Å². The standard InChI is InChI=1S/C14H14N4O2/c1-18(2)14-15-6-10(7-16-14)13-17-11-5-3-4-9(8-19)12(11)20-13/h3-7,19H,8H2,1-2H3. The molecule has 0 fully saturated rings. The van der Waals surface area contributed by atoms with Crippen LogP contribution in [0, 0.1) is 0 Å². The van der Waals surface area contributed by atoms with Crippen LogP contribution in [0.5, 0.6) is 0 Å². The van der Waals surface area contributed by atoms with E-state index in [0.717, 1.165) is 0 Å². The second-order valence-corrected chi connectivity index (χ2v) is 4.61. The van der Waals surface area contributed by atoms with E-state index in [1.165, 1.54) is 0 Å². The number of oxazole rings is 1. The van der Waals surface area contributed by atoms with Crippen LogP contribution in [0.25, 0.3) is 22.6 Å². The molecule has 0 radical (unpaired) electrons. The van der Waals surface area contributed by atoms with Crippen molar-refractivity contribution >= 4 is 17.0 Å². The zero-order chi connectivity index (χ0) is 14.1. The van der Waals surface area contributed by atoms with Crippen molar-refractivity contribution in [1.29, 1.82) is 0 Å². The first kappa shape index (κ1) is 12.6. The Morgan fingerprint density at radius 2 is 1.95 bits per heavy atom. The number of para-hydroxylation sites is 1. The lowest BCUT2D eigenvalue weighted by Crippen LogP contribution is -2.12. The van der Waals surface area contributed by atoms with Crippen LogP contribution in [0.2, 0.25) is 0 Å². The molecule has 0 spiro atoms. The van der Waals surface area contributed by atoms with Crippen molar-refractivity contribution in [2.24, 2.45) is 0 Å². The number of aliphatic hydroxyl groups excluding tert-OH is 1. The summed E-state index contributed by atoms with van der Waals surface area (Å²) in [5.74, 6) is 1.08. The van der Waals surface area contributed by atoms with Crippen LogP contribution in [-0.4, -0.2) is 34.2 Å². The number of hydrogen-bond acceptors (Lipinski definition) is 6. The Balaban J connectivity index is 2.06. The third-order valence-corrected chi connectivity index (χ3v) is 2.95. The SMILES string of the molecule is CN(C)c1ncc(-c2nc3cccc(CO)c3o2)cn1. The fraction of sp³-hybridized carbons (Fsp3) is 0.214. The molecule has 1 N–H and O–H groups in total. The summed E-state index contributed by atoms with van der Waals surface area (Å²) in [5.41, 5.74) is 2.73. The van der Waals surface area contributed by atoms with Gasteiger partial charge >= 0.3 is 0 Å². The number of nitrogens with zero attached hydrogens (tertiary/aromatic N) is 4. The molecule has 20 heavy (non-hydrogen) atoms. The van der Waals surface area contributed by atoms with Gasteiger partial charge in [-0.05, 0) is 6.07 Å². The van der Waals surface area contributed by atoms with E-state index in [4.69, 9.17) is 4.42 Å². The first-order valence-electron chi connectivity index (χ1n) is 6.18. The van der Waals surface area contributed by atoms with Crippen LogP contribution < -0.4 is 4.90 Å². The van der Waals surface area contributed by atoms with Crippen molar-refractivity contribution in [2.45, 2.75) is 6.61 Å². The molecule has 0 atom stereocenters. The Morgan fingerprint density at radius 1 is 1.20 bits per heavy atom. The molecule has 0 aliphatic carbocycles. The van der Waals surface area contributed by atoms with E-state index in [9.17, 15) is 5.11 Å². The summed E-state index contributed by atoms with van der Waals surface area (Å²) in [4.78, 5) is 14.7. The predicted molar refractivity (Wildman–Crippen MR) is 75.3 cm³/mol. The predicted octanol–water partition coefficient (Wildman–Crippen LogP) is 1.84. The summed E-state index contributed by atoms with van der Waals surface area (Å²) < 4.78 is 5.71. The highest BCUT2D eigenvalue weighted by molar-refractivity contribution is 5.79. The molecule has 0 bridgehead atoms. The van der Waals surface area contributed by atoms with E-state index in [1.807, 2.05) is 37.2 Å². The van der Waals surface area contributed by atoms with Gasteiger partial charge < -0.3 is 14.4 Å². The fourth-order valence-electron chi connectivity index (χ4n) is 1.92. The lowest BCUT2D eigenvalue weighted by molar-refractivity contribution is 0.282.